The highest BCUT2D eigenvalue weighted by Gasteiger charge is 2.16. The molecule has 2 rings (SSSR count). The normalized spacial score (nSPS) is 12.2. The third kappa shape index (κ3) is 3.70. The smallest absolute Gasteiger partial charge is 0.284 e. The Morgan fingerprint density at radius 2 is 1.52 bits per heavy atom. The van der Waals surface area contributed by atoms with Crippen LogP contribution in [-0.2, 0) is 10.0 Å². The lowest BCUT2D eigenvalue weighted by atomic mass is 10.2. The van der Waals surface area contributed by atoms with Gasteiger partial charge in [-0.3, -0.25) is 0 Å². The quantitative estimate of drug-likeness (QED) is 0.647. The molecule has 5 heteroatoms. The fourth-order valence-corrected chi connectivity index (χ4v) is 2.94. The number of aryl methyl sites for hydroxylation is 1. The predicted molar refractivity (Wildman–Crippen MR) is 85.0 cm³/mol. The van der Waals surface area contributed by atoms with Crippen LogP contribution in [-0.4, -0.2) is 33.2 Å². The first-order chi connectivity index (χ1) is 9.90. The van der Waals surface area contributed by atoms with E-state index < -0.39 is 10.0 Å². The second-order valence-electron chi connectivity index (χ2n) is 4.96. The molecule has 0 aliphatic rings. The Morgan fingerprint density at radius 3 is 2.05 bits per heavy atom. The van der Waals surface area contributed by atoms with Crippen LogP contribution in [0.25, 0.3) is 0 Å². The summed E-state index contributed by atoms with van der Waals surface area (Å²) in [6.07, 6.45) is 0. The number of sulfonamides is 1. The largest absolute Gasteiger partial charge is 0.362 e. The van der Waals surface area contributed by atoms with E-state index in [1.165, 1.54) is 0 Å². The number of amidine groups is 1. The summed E-state index contributed by atoms with van der Waals surface area (Å²) < 4.78 is 28.8. The fourth-order valence-electron chi connectivity index (χ4n) is 1.86. The lowest BCUT2D eigenvalue weighted by molar-refractivity contribution is 0.592. The van der Waals surface area contributed by atoms with Gasteiger partial charge in [0.15, 0.2) is 0 Å². The van der Waals surface area contributed by atoms with Crippen molar-refractivity contribution in [2.75, 3.05) is 14.1 Å². The van der Waals surface area contributed by atoms with E-state index >= 15 is 0 Å². The number of rotatable bonds is 3. The first-order valence-electron chi connectivity index (χ1n) is 6.54. The molecular weight excluding hydrogens is 284 g/mol. The molecule has 0 saturated heterocycles. The van der Waals surface area contributed by atoms with Crippen LogP contribution in [0, 0.1) is 6.92 Å². The fraction of sp³-hybridized carbons (Fsp3) is 0.188. The van der Waals surface area contributed by atoms with E-state index in [-0.39, 0.29) is 4.90 Å². The summed E-state index contributed by atoms with van der Waals surface area (Å²) in [4.78, 5) is 1.89. The van der Waals surface area contributed by atoms with Crippen LogP contribution in [0.5, 0.6) is 0 Å². The van der Waals surface area contributed by atoms with E-state index in [9.17, 15) is 8.42 Å². The molecule has 110 valence electrons. The van der Waals surface area contributed by atoms with Crippen molar-refractivity contribution in [1.29, 1.82) is 0 Å². The van der Waals surface area contributed by atoms with Gasteiger partial charge in [-0.2, -0.15) is 8.42 Å². The summed E-state index contributed by atoms with van der Waals surface area (Å²) in [5, 5.41) is 0. The minimum Gasteiger partial charge on any atom is -0.362 e. The molecule has 0 atom stereocenters. The van der Waals surface area contributed by atoms with Crippen LogP contribution in [0.2, 0.25) is 0 Å². The lowest BCUT2D eigenvalue weighted by Crippen LogP contribution is -2.24. The van der Waals surface area contributed by atoms with Gasteiger partial charge in [0, 0.05) is 19.7 Å². The van der Waals surface area contributed by atoms with Crippen LogP contribution in [0.1, 0.15) is 11.1 Å². The molecule has 0 radical (unpaired) electrons. The van der Waals surface area contributed by atoms with Gasteiger partial charge in [0.25, 0.3) is 10.0 Å². The molecular formula is C16H18N2O2S. The molecule has 0 amide bonds. The third-order valence-corrected chi connectivity index (χ3v) is 4.26. The van der Waals surface area contributed by atoms with Crippen LogP contribution in [0.15, 0.2) is 63.9 Å². The van der Waals surface area contributed by atoms with Gasteiger partial charge in [-0.1, -0.05) is 48.0 Å². The summed E-state index contributed by atoms with van der Waals surface area (Å²) in [5.74, 6) is 0.413. The Hall–Kier alpha value is -2.14. The van der Waals surface area contributed by atoms with Crippen molar-refractivity contribution in [1.82, 2.24) is 4.90 Å². The molecule has 0 N–H and O–H groups in total. The lowest BCUT2D eigenvalue weighted by Gasteiger charge is -2.15. The average Bonchev–Trinajstić information content (AvgIpc) is 2.46. The number of nitrogens with zero attached hydrogens (tertiary/aromatic N) is 2. The summed E-state index contributed by atoms with van der Waals surface area (Å²) in [6.45, 7) is 1.91. The van der Waals surface area contributed by atoms with Crippen LogP contribution in [0.4, 0.5) is 0 Å². The standard InChI is InChI=1S/C16H18N2O2S/c1-13-9-11-15(12-10-13)21(19,20)17-16(18(2)3)14-7-5-4-6-8-14/h4-12H,1-3H3/b17-16+. The SMILES string of the molecule is Cc1ccc(S(=O)(=O)/N=C(\c2ccccc2)N(C)C)cc1. The van der Waals surface area contributed by atoms with Gasteiger partial charge in [0.05, 0.1) is 4.90 Å². The Morgan fingerprint density at radius 1 is 0.952 bits per heavy atom. The molecule has 0 spiro atoms. The highest BCUT2D eigenvalue weighted by molar-refractivity contribution is 7.90. The summed E-state index contributed by atoms with van der Waals surface area (Å²) >= 11 is 0. The maximum absolute atomic E-state index is 12.4. The molecule has 0 aliphatic carbocycles. The first kappa shape index (κ1) is 15.3. The highest BCUT2D eigenvalue weighted by atomic mass is 32.2. The Balaban J connectivity index is 2.49. The van der Waals surface area contributed by atoms with Gasteiger partial charge in [-0.15, -0.1) is 4.40 Å². The first-order valence-corrected chi connectivity index (χ1v) is 7.98. The van der Waals surface area contributed by atoms with Gasteiger partial charge in [-0.05, 0) is 19.1 Å². The van der Waals surface area contributed by atoms with Gasteiger partial charge in [0.1, 0.15) is 5.84 Å². The molecule has 0 fully saturated rings. The molecule has 0 unspecified atom stereocenters. The average molecular weight is 302 g/mol. The van der Waals surface area contributed by atoms with E-state index in [4.69, 9.17) is 0 Å². The van der Waals surface area contributed by atoms with Crippen molar-refractivity contribution < 1.29 is 8.42 Å². The molecule has 0 aromatic heterocycles. The Bertz CT molecular complexity index is 734. The minimum absolute atomic E-state index is 0.198. The molecule has 4 nitrogen and oxygen atoms in total. The molecule has 0 bridgehead atoms. The highest BCUT2D eigenvalue weighted by Crippen LogP contribution is 2.15. The molecule has 0 heterocycles. The van der Waals surface area contributed by atoms with Crippen molar-refractivity contribution in [2.24, 2.45) is 4.40 Å². The van der Waals surface area contributed by atoms with Crippen molar-refractivity contribution in [3.63, 3.8) is 0 Å². The van der Waals surface area contributed by atoms with E-state index in [1.807, 2.05) is 37.3 Å². The number of benzene rings is 2. The van der Waals surface area contributed by atoms with Gasteiger partial charge < -0.3 is 4.90 Å². The van der Waals surface area contributed by atoms with Gasteiger partial charge >= 0.3 is 0 Å². The summed E-state index contributed by atoms with van der Waals surface area (Å²) in [5.41, 5.74) is 1.77. The zero-order chi connectivity index (χ0) is 15.5. The van der Waals surface area contributed by atoms with E-state index in [2.05, 4.69) is 4.40 Å². The zero-order valence-corrected chi connectivity index (χ0v) is 13.1. The number of hydrogen-bond acceptors (Lipinski definition) is 2. The Labute approximate surface area is 125 Å². The molecule has 0 aliphatic heterocycles. The number of hydrogen-bond donors (Lipinski definition) is 0. The van der Waals surface area contributed by atoms with E-state index in [0.29, 0.717) is 5.84 Å². The second-order valence-corrected chi connectivity index (χ2v) is 6.57. The van der Waals surface area contributed by atoms with Gasteiger partial charge in [-0.25, -0.2) is 0 Å². The Kier molecular flexibility index (Phi) is 4.43. The van der Waals surface area contributed by atoms with Crippen LogP contribution >= 0.6 is 0 Å². The monoisotopic (exact) mass is 302 g/mol. The van der Waals surface area contributed by atoms with Crippen LogP contribution < -0.4 is 0 Å². The van der Waals surface area contributed by atoms with Crippen molar-refractivity contribution in [3.8, 4) is 0 Å². The molecule has 21 heavy (non-hydrogen) atoms. The van der Waals surface area contributed by atoms with Crippen molar-refractivity contribution in [2.45, 2.75) is 11.8 Å². The summed E-state index contributed by atoms with van der Waals surface area (Å²) in [7, 11) is -0.175. The van der Waals surface area contributed by atoms with Crippen LogP contribution in [0.3, 0.4) is 0 Å². The van der Waals surface area contributed by atoms with Crippen molar-refractivity contribution in [3.05, 3.63) is 65.7 Å². The second kappa shape index (κ2) is 6.10. The van der Waals surface area contributed by atoms with Gasteiger partial charge in [0.2, 0.25) is 0 Å². The van der Waals surface area contributed by atoms with E-state index in [0.717, 1.165) is 11.1 Å². The molecule has 0 saturated carbocycles. The van der Waals surface area contributed by atoms with Crippen molar-refractivity contribution >= 4 is 15.9 Å². The maximum atomic E-state index is 12.4. The topological polar surface area (TPSA) is 49.7 Å². The van der Waals surface area contributed by atoms with E-state index in [1.54, 1.807) is 43.3 Å². The minimum atomic E-state index is -3.72. The maximum Gasteiger partial charge on any atom is 0.284 e. The molecule has 2 aromatic carbocycles. The zero-order valence-electron chi connectivity index (χ0n) is 12.3. The summed E-state index contributed by atoms with van der Waals surface area (Å²) in [6, 6.07) is 15.9. The third-order valence-electron chi connectivity index (χ3n) is 2.98. The molecule has 2 aromatic rings. The predicted octanol–water partition coefficient (Wildman–Crippen LogP) is 2.69.